The summed E-state index contributed by atoms with van der Waals surface area (Å²) in [6.07, 6.45) is 2.54. The van der Waals surface area contributed by atoms with Gasteiger partial charge in [0.25, 0.3) is 0 Å². The molecule has 2 rings (SSSR count). The third-order valence-corrected chi connectivity index (χ3v) is 2.20. The van der Waals surface area contributed by atoms with Crippen LogP contribution in [0.3, 0.4) is 0 Å². The molecule has 1 heterocycles. The van der Waals surface area contributed by atoms with Gasteiger partial charge in [-0.2, -0.15) is 10.1 Å². The zero-order valence-corrected chi connectivity index (χ0v) is 10.0. The maximum atomic E-state index is 13.0. The van der Waals surface area contributed by atoms with Gasteiger partial charge in [0, 0.05) is 12.2 Å². The van der Waals surface area contributed by atoms with Crippen molar-refractivity contribution in [3.05, 3.63) is 36.3 Å². The van der Waals surface area contributed by atoms with E-state index in [0.29, 0.717) is 17.5 Å². The highest BCUT2D eigenvalue weighted by Crippen LogP contribution is 2.14. The molecule has 1 aromatic heterocycles. The maximum absolute atomic E-state index is 13.0. The van der Waals surface area contributed by atoms with Gasteiger partial charge in [-0.05, 0) is 24.6 Å². The van der Waals surface area contributed by atoms with Crippen molar-refractivity contribution in [2.75, 3.05) is 17.2 Å². The normalized spacial score (nSPS) is 10.1. The highest BCUT2D eigenvalue weighted by molar-refractivity contribution is 5.53. The Labute approximate surface area is 104 Å². The van der Waals surface area contributed by atoms with Gasteiger partial charge < -0.3 is 10.6 Å². The molecule has 0 saturated heterocycles. The third-order valence-electron chi connectivity index (χ3n) is 2.20. The van der Waals surface area contributed by atoms with E-state index in [-0.39, 0.29) is 5.82 Å². The Morgan fingerprint density at radius 3 is 3.00 bits per heavy atom. The summed E-state index contributed by atoms with van der Waals surface area (Å²) in [5.74, 6) is 0.667. The van der Waals surface area contributed by atoms with Gasteiger partial charge >= 0.3 is 0 Å². The first-order chi connectivity index (χ1) is 8.78. The number of halogens is 1. The van der Waals surface area contributed by atoms with Crippen LogP contribution in [0.15, 0.2) is 30.5 Å². The molecule has 2 aromatic rings. The van der Waals surface area contributed by atoms with Crippen LogP contribution in [-0.2, 0) is 0 Å². The highest BCUT2D eigenvalue weighted by atomic mass is 19.1. The topological polar surface area (TPSA) is 62.7 Å². The predicted molar refractivity (Wildman–Crippen MR) is 68.3 cm³/mol. The molecule has 0 spiro atoms. The zero-order valence-electron chi connectivity index (χ0n) is 10.0. The summed E-state index contributed by atoms with van der Waals surface area (Å²) in [6, 6.07) is 6.10. The van der Waals surface area contributed by atoms with Crippen LogP contribution in [0, 0.1) is 5.82 Å². The summed E-state index contributed by atoms with van der Waals surface area (Å²) < 4.78 is 13.0. The van der Waals surface area contributed by atoms with Crippen LogP contribution in [0.5, 0.6) is 0 Å². The molecule has 0 saturated carbocycles. The van der Waals surface area contributed by atoms with Crippen LogP contribution in [0.4, 0.5) is 21.8 Å². The molecular weight excluding hydrogens is 233 g/mol. The number of aromatic nitrogens is 3. The Kier molecular flexibility index (Phi) is 4.01. The third kappa shape index (κ3) is 3.38. The van der Waals surface area contributed by atoms with E-state index >= 15 is 0 Å². The largest absolute Gasteiger partial charge is 0.369 e. The fourth-order valence-electron chi connectivity index (χ4n) is 1.39. The van der Waals surface area contributed by atoms with E-state index in [1.165, 1.54) is 12.1 Å². The molecular formula is C12H14FN5. The lowest BCUT2D eigenvalue weighted by atomic mass is 10.3. The van der Waals surface area contributed by atoms with Crippen LogP contribution in [-0.4, -0.2) is 21.7 Å². The number of nitrogens with zero attached hydrogens (tertiary/aromatic N) is 3. The van der Waals surface area contributed by atoms with E-state index in [9.17, 15) is 4.39 Å². The molecule has 1 aromatic carbocycles. The number of hydrogen-bond donors (Lipinski definition) is 2. The molecule has 94 valence electrons. The lowest BCUT2D eigenvalue weighted by Gasteiger charge is -2.06. The van der Waals surface area contributed by atoms with E-state index in [4.69, 9.17) is 0 Å². The van der Waals surface area contributed by atoms with Gasteiger partial charge in [-0.3, -0.25) is 0 Å². The quantitative estimate of drug-likeness (QED) is 0.850. The molecule has 0 radical (unpaired) electrons. The van der Waals surface area contributed by atoms with Crippen molar-refractivity contribution < 1.29 is 4.39 Å². The van der Waals surface area contributed by atoms with Crippen molar-refractivity contribution in [1.82, 2.24) is 15.2 Å². The van der Waals surface area contributed by atoms with E-state index in [0.717, 1.165) is 13.0 Å². The number of nitrogens with one attached hydrogen (secondary N) is 2. The molecule has 6 heteroatoms. The number of benzene rings is 1. The minimum atomic E-state index is -0.312. The van der Waals surface area contributed by atoms with Crippen molar-refractivity contribution in [1.29, 1.82) is 0 Å². The molecule has 2 N–H and O–H groups in total. The van der Waals surface area contributed by atoms with Crippen molar-refractivity contribution in [3.8, 4) is 0 Å². The monoisotopic (exact) mass is 247 g/mol. The smallest absolute Gasteiger partial charge is 0.249 e. The number of hydrogen-bond acceptors (Lipinski definition) is 5. The summed E-state index contributed by atoms with van der Waals surface area (Å²) in [7, 11) is 0. The molecule has 0 atom stereocenters. The molecule has 0 bridgehead atoms. The Morgan fingerprint density at radius 2 is 2.22 bits per heavy atom. The van der Waals surface area contributed by atoms with E-state index < -0.39 is 0 Å². The first kappa shape index (κ1) is 12.2. The van der Waals surface area contributed by atoms with Crippen molar-refractivity contribution in [2.24, 2.45) is 0 Å². The van der Waals surface area contributed by atoms with Crippen LogP contribution >= 0.6 is 0 Å². The molecule has 5 nitrogen and oxygen atoms in total. The second kappa shape index (κ2) is 5.90. The summed E-state index contributed by atoms with van der Waals surface area (Å²) in [5, 5.41) is 13.7. The van der Waals surface area contributed by atoms with E-state index in [1.54, 1.807) is 18.3 Å². The average Bonchev–Trinajstić information content (AvgIpc) is 2.37. The molecule has 0 aliphatic heterocycles. The second-order valence-electron chi connectivity index (χ2n) is 3.73. The Morgan fingerprint density at radius 1 is 1.33 bits per heavy atom. The van der Waals surface area contributed by atoms with Gasteiger partial charge in [-0.25, -0.2) is 4.39 Å². The SMILES string of the molecule is CCCNc1cnnc(Nc2cccc(F)c2)n1. The van der Waals surface area contributed by atoms with Gasteiger partial charge in [-0.15, -0.1) is 5.10 Å². The standard InChI is InChI=1S/C12H14FN5/c1-2-6-14-11-8-15-18-12(17-11)16-10-5-3-4-9(13)7-10/h3-5,7-8H,2,6H2,1H3,(H2,14,16,17,18). The van der Waals surface area contributed by atoms with Crippen LogP contribution < -0.4 is 10.6 Å². The first-order valence-electron chi connectivity index (χ1n) is 5.74. The van der Waals surface area contributed by atoms with Gasteiger partial charge in [0.1, 0.15) is 5.82 Å². The average molecular weight is 247 g/mol. The molecule has 0 amide bonds. The second-order valence-corrected chi connectivity index (χ2v) is 3.73. The minimum absolute atomic E-state index is 0.312. The summed E-state index contributed by atoms with van der Waals surface area (Å²) in [5.41, 5.74) is 0.587. The van der Waals surface area contributed by atoms with E-state index in [1.807, 2.05) is 0 Å². The van der Waals surface area contributed by atoms with E-state index in [2.05, 4.69) is 32.7 Å². The summed E-state index contributed by atoms with van der Waals surface area (Å²) in [6.45, 7) is 2.88. The molecule has 18 heavy (non-hydrogen) atoms. The fraction of sp³-hybridized carbons (Fsp3) is 0.250. The lowest BCUT2D eigenvalue weighted by Crippen LogP contribution is -2.06. The Bertz CT molecular complexity index is 517. The molecule has 0 aliphatic rings. The van der Waals surface area contributed by atoms with Crippen molar-refractivity contribution in [3.63, 3.8) is 0 Å². The van der Waals surface area contributed by atoms with Crippen LogP contribution in [0.25, 0.3) is 0 Å². The van der Waals surface area contributed by atoms with Gasteiger partial charge in [0.2, 0.25) is 5.95 Å². The maximum Gasteiger partial charge on any atom is 0.249 e. The lowest BCUT2D eigenvalue weighted by molar-refractivity contribution is 0.628. The molecule has 0 aliphatic carbocycles. The van der Waals surface area contributed by atoms with Crippen LogP contribution in [0.1, 0.15) is 13.3 Å². The minimum Gasteiger partial charge on any atom is -0.369 e. The van der Waals surface area contributed by atoms with Gasteiger partial charge in [0.15, 0.2) is 5.82 Å². The predicted octanol–water partition coefficient (Wildman–Crippen LogP) is 2.58. The van der Waals surface area contributed by atoms with Gasteiger partial charge in [-0.1, -0.05) is 13.0 Å². The summed E-state index contributed by atoms with van der Waals surface area (Å²) >= 11 is 0. The zero-order chi connectivity index (χ0) is 12.8. The Hall–Kier alpha value is -2.24. The number of anilines is 3. The Balaban J connectivity index is 2.09. The van der Waals surface area contributed by atoms with Crippen molar-refractivity contribution >= 4 is 17.5 Å². The highest BCUT2D eigenvalue weighted by Gasteiger charge is 2.01. The van der Waals surface area contributed by atoms with Crippen LogP contribution in [0.2, 0.25) is 0 Å². The van der Waals surface area contributed by atoms with Crippen molar-refractivity contribution in [2.45, 2.75) is 13.3 Å². The molecule has 0 fully saturated rings. The first-order valence-corrected chi connectivity index (χ1v) is 5.74. The molecule has 0 unspecified atom stereocenters. The summed E-state index contributed by atoms with van der Waals surface area (Å²) in [4.78, 5) is 4.22. The van der Waals surface area contributed by atoms with Gasteiger partial charge in [0.05, 0.1) is 6.20 Å². The number of rotatable bonds is 5. The fourth-order valence-corrected chi connectivity index (χ4v) is 1.39.